The molecule has 2 aliphatic rings. The third-order valence-electron chi connectivity index (χ3n) is 6.92. The number of hydrogen-bond acceptors (Lipinski definition) is 5. The number of hydrogen-bond donors (Lipinski definition) is 2. The summed E-state index contributed by atoms with van der Waals surface area (Å²) < 4.78 is 0. The normalized spacial score (nSPS) is 23.4. The molecule has 2 N–H and O–H groups in total. The molecule has 2 saturated heterocycles. The van der Waals surface area contributed by atoms with Gasteiger partial charge in [-0.2, -0.15) is 0 Å². The molecule has 188 valence electrons. The lowest BCUT2D eigenvalue weighted by Crippen LogP contribution is -2.54. The highest BCUT2D eigenvalue weighted by atomic mass is 35.5. The number of piperidine rings is 1. The van der Waals surface area contributed by atoms with Crippen LogP contribution >= 0.6 is 23.2 Å². The first-order valence-electron chi connectivity index (χ1n) is 12.0. The standard InChI is InChI=1S/C25H35Cl2N3O4/c1-25(18-31)10-2-3-11-30(25)17-20(32)8-12-28-14-15-29(13-9-24(28)34)23(33)7-5-19-4-6-21(26)22(27)16-19/h4-7,16,20,31-32H,2-3,8-15,17-18H2,1H3. The number of benzene rings is 1. The lowest BCUT2D eigenvalue weighted by Gasteiger charge is -2.44. The molecular formula is C25H35Cl2N3O4. The molecule has 2 fully saturated rings. The SMILES string of the molecule is CC1(CO)CCCCN1CC(O)CCN1CCN(C(=O)C=Cc2ccc(Cl)c(Cl)c2)CCC1=O. The Hall–Kier alpha value is -1.64. The van der Waals surface area contributed by atoms with Crippen molar-refractivity contribution in [3.05, 3.63) is 39.9 Å². The van der Waals surface area contributed by atoms with E-state index in [0.717, 1.165) is 31.4 Å². The van der Waals surface area contributed by atoms with Gasteiger partial charge in [-0.3, -0.25) is 14.5 Å². The average Bonchev–Trinajstić information content (AvgIpc) is 3.01. The molecule has 0 aliphatic carbocycles. The van der Waals surface area contributed by atoms with E-state index in [9.17, 15) is 19.8 Å². The molecule has 2 aliphatic heterocycles. The van der Waals surface area contributed by atoms with Crippen molar-refractivity contribution < 1.29 is 19.8 Å². The van der Waals surface area contributed by atoms with Crippen LogP contribution in [0.5, 0.6) is 0 Å². The highest BCUT2D eigenvalue weighted by Crippen LogP contribution is 2.28. The average molecular weight is 512 g/mol. The van der Waals surface area contributed by atoms with Crippen LogP contribution in [0.3, 0.4) is 0 Å². The van der Waals surface area contributed by atoms with E-state index in [1.54, 1.807) is 34.1 Å². The molecule has 0 saturated carbocycles. The molecule has 2 atom stereocenters. The minimum absolute atomic E-state index is 0.00543. The summed E-state index contributed by atoms with van der Waals surface area (Å²) in [5.74, 6) is -0.164. The highest BCUT2D eigenvalue weighted by molar-refractivity contribution is 6.42. The van der Waals surface area contributed by atoms with Crippen LogP contribution < -0.4 is 0 Å². The summed E-state index contributed by atoms with van der Waals surface area (Å²) in [6, 6.07) is 5.16. The Morgan fingerprint density at radius 3 is 2.71 bits per heavy atom. The Morgan fingerprint density at radius 2 is 1.97 bits per heavy atom. The number of rotatable bonds is 8. The van der Waals surface area contributed by atoms with Crippen LogP contribution in [0, 0.1) is 0 Å². The number of halogens is 2. The van der Waals surface area contributed by atoms with Gasteiger partial charge in [-0.1, -0.05) is 35.7 Å². The molecule has 0 radical (unpaired) electrons. The van der Waals surface area contributed by atoms with E-state index in [0.29, 0.717) is 49.2 Å². The van der Waals surface area contributed by atoms with Gasteiger partial charge >= 0.3 is 0 Å². The van der Waals surface area contributed by atoms with Crippen LogP contribution in [0.1, 0.15) is 44.6 Å². The number of likely N-dealkylation sites (tertiary alicyclic amines) is 1. The van der Waals surface area contributed by atoms with Gasteiger partial charge < -0.3 is 20.0 Å². The predicted octanol–water partition coefficient (Wildman–Crippen LogP) is 3.06. The lowest BCUT2D eigenvalue weighted by molar-refractivity contribution is -0.130. The maximum absolute atomic E-state index is 12.7. The summed E-state index contributed by atoms with van der Waals surface area (Å²) in [5, 5.41) is 21.3. The summed E-state index contributed by atoms with van der Waals surface area (Å²) in [6.07, 6.45) is 6.40. The van der Waals surface area contributed by atoms with Crippen LogP contribution in [0.15, 0.2) is 24.3 Å². The smallest absolute Gasteiger partial charge is 0.246 e. The Kier molecular flexibility index (Phi) is 9.80. The molecule has 2 heterocycles. The molecule has 7 nitrogen and oxygen atoms in total. The van der Waals surface area contributed by atoms with Gasteiger partial charge in [-0.25, -0.2) is 0 Å². The minimum atomic E-state index is -0.577. The number of nitrogens with zero attached hydrogens (tertiary/aromatic N) is 3. The van der Waals surface area contributed by atoms with Crippen LogP contribution in [-0.4, -0.2) is 94.2 Å². The fourth-order valence-corrected chi connectivity index (χ4v) is 4.90. The van der Waals surface area contributed by atoms with Gasteiger partial charge in [0, 0.05) is 50.8 Å². The van der Waals surface area contributed by atoms with Crippen molar-refractivity contribution >= 4 is 41.1 Å². The minimum Gasteiger partial charge on any atom is -0.394 e. The predicted molar refractivity (Wildman–Crippen MR) is 135 cm³/mol. The maximum atomic E-state index is 12.7. The first-order valence-corrected chi connectivity index (χ1v) is 12.7. The van der Waals surface area contributed by atoms with Gasteiger partial charge in [-0.15, -0.1) is 0 Å². The fraction of sp³-hybridized carbons (Fsp3) is 0.600. The van der Waals surface area contributed by atoms with Crippen molar-refractivity contribution in [2.45, 2.75) is 50.7 Å². The maximum Gasteiger partial charge on any atom is 0.246 e. The summed E-state index contributed by atoms with van der Waals surface area (Å²) in [4.78, 5) is 30.8. The Bertz CT molecular complexity index is 897. The molecule has 2 amide bonds. The molecule has 0 bridgehead atoms. The number of β-amino-alcohol motifs (C(OH)–C–C–N with tert-alkyl or cyclic N) is 1. The molecule has 0 aromatic heterocycles. The van der Waals surface area contributed by atoms with E-state index in [1.165, 1.54) is 6.08 Å². The third kappa shape index (κ3) is 7.18. The quantitative estimate of drug-likeness (QED) is 0.524. The molecule has 3 rings (SSSR count). The second-order valence-electron chi connectivity index (χ2n) is 9.46. The van der Waals surface area contributed by atoms with Crippen molar-refractivity contribution in [3.8, 4) is 0 Å². The highest BCUT2D eigenvalue weighted by Gasteiger charge is 2.34. The second-order valence-corrected chi connectivity index (χ2v) is 10.3. The molecule has 9 heteroatoms. The number of carbonyl (C=O) groups is 2. The Balaban J connectivity index is 1.48. The van der Waals surface area contributed by atoms with E-state index in [4.69, 9.17) is 23.2 Å². The van der Waals surface area contributed by atoms with Crippen LogP contribution in [0.4, 0.5) is 0 Å². The zero-order valence-corrected chi connectivity index (χ0v) is 21.3. The number of carbonyl (C=O) groups excluding carboxylic acids is 2. The van der Waals surface area contributed by atoms with Crippen molar-refractivity contribution in [1.29, 1.82) is 0 Å². The fourth-order valence-electron chi connectivity index (χ4n) is 4.59. The van der Waals surface area contributed by atoms with E-state index < -0.39 is 6.10 Å². The van der Waals surface area contributed by atoms with Crippen molar-refractivity contribution in [1.82, 2.24) is 14.7 Å². The van der Waals surface area contributed by atoms with Gasteiger partial charge in [0.25, 0.3) is 0 Å². The van der Waals surface area contributed by atoms with Crippen LogP contribution in [0.2, 0.25) is 10.0 Å². The van der Waals surface area contributed by atoms with Crippen molar-refractivity contribution in [3.63, 3.8) is 0 Å². The van der Waals surface area contributed by atoms with Crippen LogP contribution in [-0.2, 0) is 9.59 Å². The van der Waals surface area contributed by atoms with E-state index >= 15 is 0 Å². The lowest BCUT2D eigenvalue weighted by atomic mass is 9.89. The number of aliphatic hydroxyl groups excluding tert-OH is 2. The first kappa shape index (κ1) is 27.0. The van der Waals surface area contributed by atoms with Crippen molar-refractivity contribution in [2.75, 3.05) is 45.9 Å². The molecule has 34 heavy (non-hydrogen) atoms. The second kappa shape index (κ2) is 12.4. The zero-order chi connectivity index (χ0) is 24.7. The summed E-state index contributed by atoms with van der Waals surface area (Å²) in [6.45, 7) is 5.17. The summed E-state index contributed by atoms with van der Waals surface area (Å²) in [5.41, 5.74) is 0.485. The van der Waals surface area contributed by atoms with Gasteiger partial charge in [0.15, 0.2) is 0 Å². The number of aliphatic hydroxyl groups is 2. The first-order chi connectivity index (χ1) is 16.2. The van der Waals surface area contributed by atoms with Gasteiger partial charge in [0.05, 0.1) is 22.8 Å². The monoisotopic (exact) mass is 511 g/mol. The molecular weight excluding hydrogens is 477 g/mol. The van der Waals surface area contributed by atoms with Gasteiger partial charge in [0.2, 0.25) is 11.8 Å². The third-order valence-corrected chi connectivity index (χ3v) is 7.66. The summed E-state index contributed by atoms with van der Waals surface area (Å²) >= 11 is 12.0. The topological polar surface area (TPSA) is 84.3 Å². The summed E-state index contributed by atoms with van der Waals surface area (Å²) in [7, 11) is 0. The van der Waals surface area contributed by atoms with E-state index in [2.05, 4.69) is 4.90 Å². The Morgan fingerprint density at radius 1 is 1.18 bits per heavy atom. The van der Waals surface area contributed by atoms with E-state index in [-0.39, 0.29) is 30.4 Å². The largest absolute Gasteiger partial charge is 0.394 e. The molecule has 1 aromatic rings. The van der Waals surface area contributed by atoms with Crippen LogP contribution in [0.25, 0.3) is 6.08 Å². The zero-order valence-electron chi connectivity index (χ0n) is 19.8. The Labute approximate surface area is 211 Å². The van der Waals surface area contributed by atoms with Crippen molar-refractivity contribution in [2.24, 2.45) is 0 Å². The molecule has 0 spiro atoms. The van der Waals surface area contributed by atoms with E-state index in [1.807, 2.05) is 6.92 Å². The molecule has 2 unspecified atom stereocenters. The van der Waals surface area contributed by atoms with Gasteiger partial charge in [-0.05, 0) is 56.5 Å². The van der Waals surface area contributed by atoms with Gasteiger partial charge in [0.1, 0.15) is 0 Å². The number of amides is 2. The molecule has 1 aromatic carbocycles.